The molecule has 25 heavy (non-hydrogen) atoms. The minimum Gasteiger partial charge on any atom is -0.493 e. The van der Waals surface area contributed by atoms with Gasteiger partial charge in [0.2, 0.25) is 0 Å². The summed E-state index contributed by atoms with van der Waals surface area (Å²) in [5, 5.41) is 0. The smallest absolute Gasteiger partial charge is 0.337 e. The molecule has 0 atom stereocenters. The first-order valence-corrected chi connectivity index (χ1v) is 8.07. The average molecular weight is 409 g/mol. The average Bonchev–Trinajstić information content (AvgIpc) is 2.62. The second-order valence-corrected chi connectivity index (χ2v) is 5.82. The first-order valence-electron chi connectivity index (χ1n) is 7.28. The minimum atomic E-state index is -0.452. The summed E-state index contributed by atoms with van der Waals surface area (Å²) < 4.78 is 21.1. The van der Waals surface area contributed by atoms with Crippen LogP contribution in [0.2, 0.25) is 0 Å². The topological polar surface area (TPSA) is 71.1 Å². The van der Waals surface area contributed by atoms with E-state index in [4.69, 9.17) is 14.2 Å². The Labute approximate surface area is 153 Å². The van der Waals surface area contributed by atoms with Crippen LogP contribution in [-0.4, -0.2) is 33.3 Å². The molecule has 0 spiro atoms. The maximum Gasteiger partial charge on any atom is 0.337 e. The number of rotatable bonds is 6. The summed E-state index contributed by atoms with van der Waals surface area (Å²) in [6.07, 6.45) is 0.0414. The number of hydrogen-bond acceptors (Lipinski definition) is 6. The number of halogens is 1. The number of methoxy groups -OCH3 is 3. The van der Waals surface area contributed by atoms with E-state index in [0.29, 0.717) is 32.8 Å². The molecular weight excluding hydrogens is 392 g/mol. The molecule has 0 aliphatic heterocycles. The second kappa shape index (κ2) is 8.53. The van der Waals surface area contributed by atoms with Gasteiger partial charge in [0.15, 0.2) is 11.5 Å². The van der Waals surface area contributed by atoms with E-state index in [-0.39, 0.29) is 6.42 Å². The summed E-state index contributed by atoms with van der Waals surface area (Å²) in [5.74, 6) is 0.529. The molecule has 0 fully saturated rings. The molecule has 132 valence electrons. The van der Waals surface area contributed by atoms with E-state index in [0.717, 1.165) is 0 Å². The van der Waals surface area contributed by atoms with Crippen LogP contribution in [0.3, 0.4) is 0 Å². The maximum atomic E-state index is 12.2. The first kappa shape index (κ1) is 18.8. The van der Waals surface area contributed by atoms with E-state index < -0.39 is 11.9 Å². The van der Waals surface area contributed by atoms with Crippen molar-refractivity contribution in [1.82, 2.24) is 0 Å². The highest BCUT2D eigenvalue weighted by atomic mass is 79.9. The lowest BCUT2D eigenvalue weighted by molar-refractivity contribution is -0.133. The fourth-order valence-electron chi connectivity index (χ4n) is 2.13. The zero-order valence-corrected chi connectivity index (χ0v) is 15.6. The SMILES string of the molecule is COC(=O)c1ccc(OC(=O)Cc2cc(OC)c(OC)cc2Br)cc1. The number of hydrogen-bond donors (Lipinski definition) is 0. The van der Waals surface area contributed by atoms with Crippen LogP contribution < -0.4 is 14.2 Å². The van der Waals surface area contributed by atoms with Crippen LogP contribution in [0.15, 0.2) is 40.9 Å². The molecule has 2 aromatic carbocycles. The van der Waals surface area contributed by atoms with Crippen LogP contribution >= 0.6 is 15.9 Å². The van der Waals surface area contributed by atoms with Crippen molar-refractivity contribution in [2.24, 2.45) is 0 Å². The van der Waals surface area contributed by atoms with E-state index >= 15 is 0 Å². The molecule has 0 saturated heterocycles. The minimum absolute atomic E-state index is 0.0414. The zero-order chi connectivity index (χ0) is 18.4. The normalized spacial score (nSPS) is 10.1. The summed E-state index contributed by atoms with van der Waals surface area (Å²) in [7, 11) is 4.37. The highest BCUT2D eigenvalue weighted by molar-refractivity contribution is 9.10. The Morgan fingerprint density at radius 2 is 1.56 bits per heavy atom. The maximum absolute atomic E-state index is 12.2. The molecule has 0 saturated carbocycles. The molecule has 0 radical (unpaired) electrons. The van der Waals surface area contributed by atoms with E-state index in [9.17, 15) is 9.59 Å². The predicted octanol–water partition coefficient (Wildman–Crippen LogP) is 3.40. The van der Waals surface area contributed by atoms with Crippen molar-refractivity contribution in [3.05, 3.63) is 52.0 Å². The lowest BCUT2D eigenvalue weighted by Crippen LogP contribution is -2.12. The van der Waals surface area contributed by atoms with Gasteiger partial charge in [-0.15, -0.1) is 0 Å². The van der Waals surface area contributed by atoms with Gasteiger partial charge in [-0.25, -0.2) is 4.79 Å². The third-order valence-corrected chi connectivity index (χ3v) is 4.13. The third-order valence-electron chi connectivity index (χ3n) is 3.39. The molecule has 0 aromatic heterocycles. The highest BCUT2D eigenvalue weighted by Crippen LogP contribution is 2.33. The van der Waals surface area contributed by atoms with E-state index in [1.165, 1.54) is 45.6 Å². The Bertz CT molecular complexity index is 770. The molecule has 0 amide bonds. The van der Waals surface area contributed by atoms with Gasteiger partial charge in [-0.1, -0.05) is 15.9 Å². The van der Waals surface area contributed by atoms with Crippen molar-refractivity contribution in [3.8, 4) is 17.2 Å². The Hall–Kier alpha value is -2.54. The zero-order valence-electron chi connectivity index (χ0n) is 14.0. The van der Waals surface area contributed by atoms with E-state index in [1.54, 1.807) is 12.1 Å². The van der Waals surface area contributed by atoms with Crippen LogP contribution in [0.4, 0.5) is 0 Å². The van der Waals surface area contributed by atoms with Gasteiger partial charge in [0.1, 0.15) is 5.75 Å². The fraction of sp³-hybridized carbons (Fsp3) is 0.222. The standard InChI is InChI=1S/C18H17BrO6/c1-22-15-8-12(14(19)10-16(15)23-2)9-17(20)25-13-6-4-11(5-7-13)18(21)24-3/h4-8,10H,9H2,1-3H3. The molecule has 7 heteroatoms. The summed E-state index contributed by atoms with van der Waals surface area (Å²) in [6.45, 7) is 0. The first-order chi connectivity index (χ1) is 12.0. The van der Waals surface area contributed by atoms with Crippen molar-refractivity contribution in [1.29, 1.82) is 0 Å². The monoisotopic (exact) mass is 408 g/mol. The molecular formula is C18H17BrO6. The van der Waals surface area contributed by atoms with Crippen LogP contribution in [0.25, 0.3) is 0 Å². The second-order valence-electron chi connectivity index (χ2n) is 4.97. The number of benzene rings is 2. The fourth-order valence-corrected chi connectivity index (χ4v) is 2.59. The Kier molecular flexibility index (Phi) is 6.41. The van der Waals surface area contributed by atoms with Crippen LogP contribution in [0, 0.1) is 0 Å². The summed E-state index contributed by atoms with van der Waals surface area (Å²) in [6, 6.07) is 9.57. The number of carbonyl (C=O) groups excluding carboxylic acids is 2. The van der Waals surface area contributed by atoms with Crippen molar-refractivity contribution in [2.75, 3.05) is 21.3 Å². The molecule has 0 aliphatic carbocycles. The van der Waals surface area contributed by atoms with Gasteiger partial charge in [-0.05, 0) is 42.0 Å². The van der Waals surface area contributed by atoms with Crippen LogP contribution in [-0.2, 0) is 16.0 Å². The summed E-state index contributed by atoms with van der Waals surface area (Å²) in [4.78, 5) is 23.5. The lowest BCUT2D eigenvalue weighted by Gasteiger charge is -2.12. The van der Waals surface area contributed by atoms with E-state index in [2.05, 4.69) is 20.7 Å². The Balaban J connectivity index is 2.08. The largest absolute Gasteiger partial charge is 0.493 e. The molecule has 6 nitrogen and oxygen atoms in total. The molecule has 0 aliphatic rings. The van der Waals surface area contributed by atoms with Gasteiger partial charge in [-0.2, -0.15) is 0 Å². The number of ether oxygens (including phenoxy) is 4. The Morgan fingerprint density at radius 3 is 2.12 bits per heavy atom. The Morgan fingerprint density at radius 1 is 0.960 bits per heavy atom. The van der Waals surface area contributed by atoms with Gasteiger partial charge in [0.25, 0.3) is 0 Å². The van der Waals surface area contributed by atoms with Gasteiger partial charge in [-0.3, -0.25) is 4.79 Å². The van der Waals surface area contributed by atoms with E-state index in [1.807, 2.05) is 0 Å². The number of carbonyl (C=O) groups is 2. The van der Waals surface area contributed by atoms with Crippen molar-refractivity contribution in [3.63, 3.8) is 0 Å². The van der Waals surface area contributed by atoms with Crippen molar-refractivity contribution >= 4 is 27.9 Å². The molecule has 0 heterocycles. The van der Waals surface area contributed by atoms with Gasteiger partial charge in [0.05, 0.1) is 33.3 Å². The van der Waals surface area contributed by atoms with Crippen LogP contribution in [0.5, 0.6) is 17.2 Å². The molecule has 0 N–H and O–H groups in total. The highest BCUT2D eigenvalue weighted by Gasteiger charge is 2.14. The van der Waals surface area contributed by atoms with Crippen molar-refractivity contribution in [2.45, 2.75) is 6.42 Å². The van der Waals surface area contributed by atoms with Crippen molar-refractivity contribution < 1.29 is 28.5 Å². The van der Waals surface area contributed by atoms with Gasteiger partial charge in [0, 0.05) is 4.47 Å². The summed E-state index contributed by atoms with van der Waals surface area (Å²) >= 11 is 3.40. The lowest BCUT2D eigenvalue weighted by atomic mass is 10.1. The predicted molar refractivity (Wildman–Crippen MR) is 94.4 cm³/mol. The molecule has 0 bridgehead atoms. The third kappa shape index (κ3) is 4.73. The van der Waals surface area contributed by atoms with Gasteiger partial charge >= 0.3 is 11.9 Å². The van der Waals surface area contributed by atoms with Crippen LogP contribution in [0.1, 0.15) is 15.9 Å². The summed E-state index contributed by atoms with van der Waals surface area (Å²) in [5.41, 5.74) is 1.08. The van der Waals surface area contributed by atoms with Gasteiger partial charge < -0.3 is 18.9 Å². The molecule has 2 rings (SSSR count). The molecule has 2 aromatic rings. The quantitative estimate of drug-likeness (QED) is 0.538. The number of esters is 2. The molecule has 0 unspecified atom stereocenters.